The zero-order valence-electron chi connectivity index (χ0n) is 13.4. The van der Waals surface area contributed by atoms with Gasteiger partial charge in [0.1, 0.15) is 0 Å². The Balaban J connectivity index is 1.99. The number of carbonyl (C=O) groups is 1. The van der Waals surface area contributed by atoms with Gasteiger partial charge >= 0.3 is 5.97 Å². The number of carboxylic acid groups (broad SMARTS) is 1. The molecule has 1 N–H and O–H groups in total. The van der Waals surface area contributed by atoms with E-state index in [1.165, 1.54) is 5.56 Å². The highest BCUT2D eigenvalue weighted by Gasteiger charge is 2.26. The van der Waals surface area contributed by atoms with Crippen LogP contribution in [-0.2, 0) is 11.3 Å². The fraction of sp³-hybridized carbons (Fsp3) is 0.588. The first-order chi connectivity index (χ1) is 9.88. The van der Waals surface area contributed by atoms with Crippen molar-refractivity contribution in [2.75, 3.05) is 20.1 Å². The van der Waals surface area contributed by atoms with Crippen LogP contribution in [-0.4, -0.2) is 53.1 Å². The molecule has 4 heteroatoms. The van der Waals surface area contributed by atoms with E-state index in [1.807, 2.05) is 12.1 Å². The summed E-state index contributed by atoms with van der Waals surface area (Å²) >= 11 is 0. The zero-order chi connectivity index (χ0) is 15.6. The van der Waals surface area contributed by atoms with E-state index in [0.717, 1.165) is 25.2 Å². The van der Waals surface area contributed by atoms with Gasteiger partial charge in [-0.25, -0.2) is 0 Å². The Morgan fingerprint density at radius 1 is 1.24 bits per heavy atom. The summed E-state index contributed by atoms with van der Waals surface area (Å²) < 4.78 is 0. The molecule has 1 heterocycles. The Kier molecular flexibility index (Phi) is 5.01. The molecule has 1 aromatic carbocycles. The molecule has 0 radical (unpaired) electrons. The lowest BCUT2D eigenvalue weighted by molar-refractivity contribution is -0.138. The Morgan fingerprint density at radius 3 is 2.24 bits per heavy atom. The number of hydrogen-bond donors (Lipinski definition) is 1. The van der Waals surface area contributed by atoms with E-state index < -0.39 is 11.9 Å². The molecular weight excluding hydrogens is 264 g/mol. The van der Waals surface area contributed by atoms with Crippen LogP contribution in [0.2, 0.25) is 0 Å². The van der Waals surface area contributed by atoms with Gasteiger partial charge in [0.15, 0.2) is 0 Å². The van der Waals surface area contributed by atoms with Crippen LogP contribution in [0, 0.1) is 0 Å². The minimum Gasteiger partial charge on any atom is -0.481 e. The van der Waals surface area contributed by atoms with E-state index in [1.54, 1.807) is 6.92 Å². The summed E-state index contributed by atoms with van der Waals surface area (Å²) in [7, 11) is 2.19. The second-order valence-corrected chi connectivity index (χ2v) is 6.36. The molecule has 1 aliphatic rings. The molecule has 3 atom stereocenters. The van der Waals surface area contributed by atoms with Gasteiger partial charge in [-0.1, -0.05) is 24.3 Å². The monoisotopic (exact) mass is 290 g/mol. The predicted molar refractivity (Wildman–Crippen MR) is 84.5 cm³/mol. The van der Waals surface area contributed by atoms with Crippen LogP contribution in [0.15, 0.2) is 24.3 Å². The van der Waals surface area contributed by atoms with Crippen molar-refractivity contribution in [3.05, 3.63) is 35.4 Å². The highest BCUT2D eigenvalue weighted by Crippen LogP contribution is 2.19. The van der Waals surface area contributed by atoms with Gasteiger partial charge in [0.05, 0.1) is 5.92 Å². The molecular formula is C17H26N2O2. The average molecular weight is 290 g/mol. The number of carboxylic acids is 1. The van der Waals surface area contributed by atoms with Crippen LogP contribution < -0.4 is 0 Å². The molecule has 1 aromatic rings. The van der Waals surface area contributed by atoms with E-state index in [9.17, 15) is 4.79 Å². The Hall–Kier alpha value is -1.39. The number of rotatable bonds is 4. The first-order valence-corrected chi connectivity index (χ1v) is 7.64. The number of hydrogen-bond acceptors (Lipinski definition) is 3. The van der Waals surface area contributed by atoms with Gasteiger partial charge in [0, 0.05) is 31.7 Å². The summed E-state index contributed by atoms with van der Waals surface area (Å²) in [6.45, 7) is 9.34. The molecule has 3 unspecified atom stereocenters. The van der Waals surface area contributed by atoms with E-state index in [0.29, 0.717) is 12.1 Å². The molecule has 4 nitrogen and oxygen atoms in total. The summed E-state index contributed by atoms with van der Waals surface area (Å²) in [5.74, 6) is -1.22. The molecule has 0 aliphatic carbocycles. The van der Waals surface area contributed by atoms with E-state index in [2.05, 4.69) is 42.8 Å². The third-order valence-corrected chi connectivity index (χ3v) is 4.69. The van der Waals surface area contributed by atoms with E-state index in [-0.39, 0.29) is 0 Å². The number of benzene rings is 1. The summed E-state index contributed by atoms with van der Waals surface area (Å²) in [5, 5.41) is 9.04. The molecule has 0 bridgehead atoms. The summed E-state index contributed by atoms with van der Waals surface area (Å²) in [6.07, 6.45) is 0. The summed E-state index contributed by atoms with van der Waals surface area (Å²) in [6, 6.07) is 9.14. The Morgan fingerprint density at radius 2 is 1.76 bits per heavy atom. The van der Waals surface area contributed by atoms with Gasteiger partial charge < -0.3 is 5.11 Å². The molecule has 1 fully saturated rings. The summed E-state index contributed by atoms with van der Waals surface area (Å²) in [4.78, 5) is 15.9. The van der Waals surface area contributed by atoms with Crippen LogP contribution in [0.3, 0.4) is 0 Å². The van der Waals surface area contributed by atoms with Gasteiger partial charge in [-0.15, -0.1) is 0 Å². The molecule has 0 saturated carbocycles. The first-order valence-electron chi connectivity index (χ1n) is 7.64. The van der Waals surface area contributed by atoms with Crippen LogP contribution in [0.25, 0.3) is 0 Å². The van der Waals surface area contributed by atoms with Crippen molar-refractivity contribution in [3.8, 4) is 0 Å². The maximum atomic E-state index is 11.0. The molecule has 1 saturated heterocycles. The standard InChI is InChI=1S/C17H26N2O2/c1-12-9-19(10-13(2)18(12)4)11-15-5-7-16(8-6-15)14(3)17(20)21/h5-8,12-14H,9-11H2,1-4H3,(H,20,21). The smallest absolute Gasteiger partial charge is 0.310 e. The van der Waals surface area contributed by atoms with Crippen LogP contribution in [0.1, 0.15) is 37.8 Å². The zero-order valence-corrected chi connectivity index (χ0v) is 13.4. The van der Waals surface area contributed by atoms with Gasteiger partial charge in [-0.3, -0.25) is 14.6 Å². The van der Waals surface area contributed by atoms with Crippen molar-refractivity contribution in [2.45, 2.75) is 45.3 Å². The third kappa shape index (κ3) is 3.83. The molecule has 116 valence electrons. The lowest BCUT2D eigenvalue weighted by Crippen LogP contribution is -2.54. The second-order valence-electron chi connectivity index (χ2n) is 6.36. The Labute approximate surface area is 127 Å². The largest absolute Gasteiger partial charge is 0.481 e. The molecule has 1 aliphatic heterocycles. The normalized spacial score (nSPS) is 25.7. The maximum Gasteiger partial charge on any atom is 0.310 e. The Bertz CT molecular complexity index is 474. The SMILES string of the molecule is CC(C(=O)O)c1ccc(CN2CC(C)N(C)C(C)C2)cc1. The van der Waals surface area contributed by atoms with Gasteiger partial charge in [-0.05, 0) is 38.9 Å². The topological polar surface area (TPSA) is 43.8 Å². The van der Waals surface area contributed by atoms with Crippen molar-refractivity contribution >= 4 is 5.97 Å². The number of likely N-dealkylation sites (N-methyl/N-ethyl adjacent to an activating group) is 1. The average Bonchev–Trinajstić information content (AvgIpc) is 2.44. The predicted octanol–water partition coefficient (Wildman–Crippen LogP) is 2.40. The van der Waals surface area contributed by atoms with Crippen LogP contribution >= 0.6 is 0 Å². The molecule has 0 spiro atoms. The van der Waals surface area contributed by atoms with Gasteiger partial charge in [0.25, 0.3) is 0 Å². The summed E-state index contributed by atoms with van der Waals surface area (Å²) in [5.41, 5.74) is 2.12. The van der Waals surface area contributed by atoms with Crippen LogP contribution in [0.5, 0.6) is 0 Å². The van der Waals surface area contributed by atoms with Crippen molar-refractivity contribution in [1.82, 2.24) is 9.80 Å². The third-order valence-electron chi connectivity index (χ3n) is 4.69. The van der Waals surface area contributed by atoms with Crippen molar-refractivity contribution < 1.29 is 9.90 Å². The van der Waals surface area contributed by atoms with Crippen molar-refractivity contribution in [1.29, 1.82) is 0 Å². The molecule has 0 aromatic heterocycles. The van der Waals surface area contributed by atoms with E-state index >= 15 is 0 Å². The highest BCUT2D eigenvalue weighted by molar-refractivity contribution is 5.75. The fourth-order valence-electron chi connectivity index (χ4n) is 2.96. The first kappa shape index (κ1) is 16.0. The molecule has 0 amide bonds. The van der Waals surface area contributed by atoms with Crippen molar-refractivity contribution in [2.24, 2.45) is 0 Å². The second kappa shape index (κ2) is 6.58. The fourth-order valence-corrected chi connectivity index (χ4v) is 2.96. The van der Waals surface area contributed by atoms with Gasteiger partial charge in [-0.2, -0.15) is 0 Å². The van der Waals surface area contributed by atoms with Gasteiger partial charge in [0.2, 0.25) is 0 Å². The van der Waals surface area contributed by atoms with E-state index in [4.69, 9.17) is 5.11 Å². The lowest BCUT2D eigenvalue weighted by atomic mass is 9.99. The molecule has 2 rings (SSSR count). The number of nitrogens with zero attached hydrogens (tertiary/aromatic N) is 2. The lowest BCUT2D eigenvalue weighted by Gasteiger charge is -2.42. The highest BCUT2D eigenvalue weighted by atomic mass is 16.4. The maximum absolute atomic E-state index is 11.0. The number of aliphatic carboxylic acids is 1. The van der Waals surface area contributed by atoms with Crippen LogP contribution in [0.4, 0.5) is 0 Å². The molecule has 21 heavy (non-hydrogen) atoms. The minimum atomic E-state index is -0.774. The minimum absolute atomic E-state index is 0.442. The number of piperazine rings is 1. The quantitative estimate of drug-likeness (QED) is 0.925. The van der Waals surface area contributed by atoms with Crippen molar-refractivity contribution in [3.63, 3.8) is 0 Å².